The number of hydrogen-bond donors (Lipinski definition) is 1. The number of hydrogen-bond acceptors (Lipinski definition) is 4. The van der Waals surface area contributed by atoms with Crippen LogP contribution in [0.25, 0.3) is 5.69 Å². The maximum absolute atomic E-state index is 14.4. The van der Waals surface area contributed by atoms with Gasteiger partial charge < -0.3 is 10.1 Å². The van der Waals surface area contributed by atoms with Crippen LogP contribution in [0, 0.1) is 18.6 Å². The van der Waals surface area contributed by atoms with Gasteiger partial charge in [-0.1, -0.05) is 6.92 Å². The van der Waals surface area contributed by atoms with Gasteiger partial charge >= 0.3 is 0 Å². The Kier molecular flexibility index (Phi) is 5.54. The molecule has 1 amide bonds. The molecule has 2 aromatic carbocycles. The molecular weight excluding hydrogens is 404 g/mol. The van der Waals surface area contributed by atoms with Crippen LogP contribution in [0.1, 0.15) is 47.3 Å². The Morgan fingerprint density at radius 1 is 1.23 bits per heavy atom. The van der Waals surface area contributed by atoms with E-state index in [0.717, 1.165) is 18.6 Å². The molecule has 0 radical (unpaired) electrons. The minimum absolute atomic E-state index is 0.0171. The predicted molar refractivity (Wildman–Crippen MR) is 111 cm³/mol. The van der Waals surface area contributed by atoms with Gasteiger partial charge in [0.15, 0.2) is 11.6 Å². The first-order chi connectivity index (χ1) is 14.9. The summed E-state index contributed by atoms with van der Waals surface area (Å²) in [6.45, 7) is 4.28. The molecule has 0 saturated carbocycles. The predicted octanol–water partition coefficient (Wildman–Crippen LogP) is 4.56. The van der Waals surface area contributed by atoms with Gasteiger partial charge in [-0.3, -0.25) is 9.59 Å². The third-order valence-electron chi connectivity index (χ3n) is 5.17. The van der Waals surface area contributed by atoms with Gasteiger partial charge in [-0.25, -0.2) is 13.5 Å². The highest BCUT2D eigenvalue weighted by Crippen LogP contribution is 2.38. The molecule has 0 unspecified atom stereocenters. The molecule has 4 rings (SSSR count). The lowest BCUT2D eigenvalue weighted by atomic mass is 9.85. The summed E-state index contributed by atoms with van der Waals surface area (Å²) >= 11 is 0. The average Bonchev–Trinajstić information content (AvgIpc) is 3.07. The van der Waals surface area contributed by atoms with Crippen molar-refractivity contribution in [1.29, 1.82) is 0 Å². The molecule has 3 aromatic rings. The molecule has 1 N–H and O–H groups in total. The van der Waals surface area contributed by atoms with E-state index in [1.165, 1.54) is 10.7 Å². The SMILES string of the molecule is CCCOc1ccc(C(=O)[C@@H]2CC(=O)Nc3c2c(C)nn3-c2ccc(F)cc2F)cc1. The monoisotopic (exact) mass is 425 g/mol. The molecule has 8 heteroatoms. The number of halogens is 2. The molecule has 31 heavy (non-hydrogen) atoms. The standard InChI is InChI=1S/C23H21F2N3O3/c1-3-10-31-16-7-4-14(5-8-16)22(30)17-12-20(29)26-23-21(17)13(2)27-28(23)19-9-6-15(24)11-18(19)25/h4-9,11,17H,3,10,12H2,1-2H3,(H,26,29)/t17-/m1/s1. The molecule has 0 saturated heterocycles. The number of Topliss-reactive ketones (excluding diaryl/α,β-unsaturated/α-hetero) is 1. The first-order valence-electron chi connectivity index (χ1n) is 10.0. The van der Waals surface area contributed by atoms with E-state index >= 15 is 0 Å². The number of aryl methyl sites for hydroxylation is 1. The number of fused-ring (bicyclic) bond motifs is 1. The third-order valence-corrected chi connectivity index (χ3v) is 5.17. The van der Waals surface area contributed by atoms with Crippen LogP contribution in [0.3, 0.4) is 0 Å². The summed E-state index contributed by atoms with van der Waals surface area (Å²) in [5.41, 5.74) is 1.44. The van der Waals surface area contributed by atoms with E-state index in [1.807, 2.05) is 6.92 Å². The summed E-state index contributed by atoms with van der Waals surface area (Å²) in [6.07, 6.45) is 0.830. The number of anilines is 1. The van der Waals surface area contributed by atoms with Crippen LogP contribution >= 0.6 is 0 Å². The number of rotatable bonds is 6. The number of aromatic nitrogens is 2. The summed E-state index contributed by atoms with van der Waals surface area (Å²) in [7, 11) is 0. The molecule has 0 spiro atoms. The zero-order valence-corrected chi connectivity index (χ0v) is 17.1. The number of carbonyl (C=O) groups excluding carboxylic acids is 2. The molecule has 6 nitrogen and oxygen atoms in total. The Balaban J connectivity index is 1.72. The molecular formula is C23H21F2N3O3. The van der Waals surface area contributed by atoms with Crippen molar-refractivity contribution in [3.63, 3.8) is 0 Å². The normalized spacial score (nSPS) is 15.4. The third kappa shape index (κ3) is 3.93. The fraction of sp³-hybridized carbons (Fsp3) is 0.261. The average molecular weight is 425 g/mol. The van der Waals surface area contributed by atoms with Crippen LogP contribution in [-0.4, -0.2) is 28.1 Å². The smallest absolute Gasteiger partial charge is 0.226 e. The fourth-order valence-electron chi connectivity index (χ4n) is 3.74. The van der Waals surface area contributed by atoms with Crippen molar-refractivity contribution in [1.82, 2.24) is 9.78 Å². The summed E-state index contributed by atoms with van der Waals surface area (Å²) in [4.78, 5) is 25.7. The van der Waals surface area contributed by atoms with Gasteiger partial charge in [0, 0.05) is 23.6 Å². The highest BCUT2D eigenvalue weighted by molar-refractivity contribution is 6.08. The largest absolute Gasteiger partial charge is 0.494 e. The van der Waals surface area contributed by atoms with Crippen molar-refractivity contribution in [2.24, 2.45) is 0 Å². The highest BCUT2D eigenvalue weighted by Gasteiger charge is 2.36. The number of nitrogens with zero attached hydrogens (tertiary/aromatic N) is 2. The van der Waals surface area contributed by atoms with Crippen LogP contribution in [0.5, 0.6) is 5.75 Å². The molecule has 0 bridgehead atoms. The van der Waals surface area contributed by atoms with Gasteiger partial charge in [-0.2, -0.15) is 5.10 Å². The van der Waals surface area contributed by atoms with E-state index < -0.39 is 17.6 Å². The number of carbonyl (C=O) groups is 2. The van der Waals surface area contributed by atoms with Crippen LogP contribution in [0.15, 0.2) is 42.5 Å². The molecule has 2 heterocycles. The van der Waals surface area contributed by atoms with Gasteiger partial charge in [-0.15, -0.1) is 0 Å². The second kappa shape index (κ2) is 8.29. The molecule has 0 aliphatic carbocycles. The lowest BCUT2D eigenvalue weighted by molar-refractivity contribution is -0.116. The molecule has 1 aliphatic heterocycles. The molecule has 1 atom stereocenters. The minimum atomic E-state index is -0.823. The summed E-state index contributed by atoms with van der Waals surface area (Å²) in [5.74, 6) is -2.03. The van der Waals surface area contributed by atoms with Crippen molar-refractivity contribution >= 4 is 17.5 Å². The Morgan fingerprint density at radius 3 is 2.65 bits per heavy atom. The van der Waals surface area contributed by atoms with Crippen LogP contribution < -0.4 is 10.1 Å². The van der Waals surface area contributed by atoms with E-state index in [-0.39, 0.29) is 29.6 Å². The van der Waals surface area contributed by atoms with Gasteiger partial charge in [0.05, 0.1) is 18.2 Å². The Bertz CT molecular complexity index is 1160. The summed E-state index contributed by atoms with van der Waals surface area (Å²) in [5, 5.41) is 7.02. The van der Waals surface area contributed by atoms with Crippen molar-refractivity contribution in [2.75, 3.05) is 11.9 Å². The topological polar surface area (TPSA) is 73.2 Å². The summed E-state index contributed by atoms with van der Waals surface area (Å²) < 4.78 is 34.5. The van der Waals surface area contributed by atoms with E-state index in [1.54, 1.807) is 31.2 Å². The molecule has 0 fully saturated rings. The lowest BCUT2D eigenvalue weighted by Gasteiger charge is -2.23. The van der Waals surface area contributed by atoms with E-state index in [4.69, 9.17) is 4.74 Å². The van der Waals surface area contributed by atoms with Gasteiger partial charge in [0.1, 0.15) is 23.1 Å². The maximum atomic E-state index is 14.4. The first-order valence-corrected chi connectivity index (χ1v) is 10.0. The number of amides is 1. The van der Waals surface area contributed by atoms with E-state index in [0.29, 0.717) is 29.2 Å². The van der Waals surface area contributed by atoms with Crippen LogP contribution in [0.2, 0.25) is 0 Å². The highest BCUT2D eigenvalue weighted by atomic mass is 19.1. The fourth-order valence-corrected chi connectivity index (χ4v) is 3.74. The molecule has 160 valence electrons. The van der Waals surface area contributed by atoms with Gasteiger partial charge in [0.2, 0.25) is 5.91 Å². The Morgan fingerprint density at radius 2 is 1.97 bits per heavy atom. The minimum Gasteiger partial charge on any atom is -0.494 e. The van der Waals surface area contributed by atoms with E-state index in [2.05, 4.69) is 10.4 Å². The zero-order chi connectivity index (χ0) is 22.1. The van der Waals surface area contributed by atoms with Crippen molar-refractivity contribution < 1.29 is 23.1 Å². The number of ketones is 1. The Hall–Kier alpha value is -3.55. The van der Waals surface area contributed by atoms with Crippen molar-refractivity contribution in [3.8, 4) is 11.4 Å². The van der Waals surface area contributed by atoms with Crippen LogP contribution in [0.4, 0.5) is 14.6 Å². The van der Waals surface area contributed by atoms with Gasteiger partial charge in [0.25, 0.3) is 0 Å². The molecule has 1 aromatic heterocycles. The second-order valence-electron chi connectivity index (χ2n) is 7.40. The second-order valence-corrected chi connectivity index (χ2v) is 7.40. The van der Waals surface area contributed by atoms with Crippen LogP contribution in [-0.2, 0) is 4.79 Å². The summed E-state index contributed by atoms with van der Waals surface area (Å²) in [6, 6.07) is 9.86. The Labute approximate surface area is 177 Å². The zero-order valence-electron chi connectivity index (χ0n) is 17.1. The maximum Gasteiger partial charge on any atom is 0.226 e. The molecule has 1 aliphatic rings. The number of benzene rings is 2. The van der Waals surface area contributed by atoms with Crippen molar-refractivity contribution in [3.05, 3.63) is 70.9 Å². The first kappa shape index (κ1) is 20.7. The number of ether oxygens (including phenoxy) is 1. The number of nitrogens with one attached hydrogen (secondary N) is 1. The lowest BCUT2D eigenvalue weighted by Crippen LogP contribution is -2.28. The van der Waals surface area contributed by atoms with E-state index in [9.17, 15) is 18.4 Å². The quantitative estimate of drug-likeness (QED) is 0.588. The van der Waals surface area contributed by atoms with Gasteiger partial charge in [-0.05, 0) is 49.7 Å². The van der Waals surface area contributed by atoms with Crippen molar-refractivity contribution in [2.45, 2.75) is 32.6 Å².